The highest BCUT2D eigenvalue weighted by Crippen LogP contribution is 2.40. The second kappa shape index (κ2) is 8.32. The van der Waals surface area contributed by atoms with Gasteiger partial charge in [-0.1, -0.05) is 37.5 Å². The van der Waals surface area contributed by atoms with Gasteiger partial charge in [-0.3, -0.25) is 9.78 Å². The average molecular weight is 354 g/mol. The lowest BCUT2D eigenvalue weighted by Crippen LogP contribution is -2.46. The maximum Gasteiger partial charge on any atom is 0.230 e. The van der Waals surface area contributed by atoms with Crippen molar-refractivity contribution in [3.8, 4) is 5.75 Å². The summed E-state index contributed by atoms with van der Waals surface area (Å²) in [6.07, 6.45) is 5.69. The Labute approximate surface area is 154 Å². The Morgan fingerprint density at radius 1 is 1.19 bits per heavy atom. The van der Waals surface area contributed by atoms with Crippen LogP contribution in [0, 0.1) is 0 Å². The van der Waals surface area contributed by atoms with Crippen LogP contribution in [-0.2, 0) is 10.2 Å². The Hall–Kier alpha value is -2.40. The summed E-state index contributed by atoms with van der Waals surface area (Å²) in [5, 5.41) is 13.3. The number of ether oxygens (including phenoxy) is 1. The third-order valence-corrected chi connectivity index (χ3v) is 5.27. The minimum atomic E-state index is -0.809. The number of hydrogen-bond acceptors (Lipinski definition) is 4. The van der Waals surface area contributed by atoms with Gasteiger partial charge in [0.05, 0.1) is 18.2 Å². The Bertz CT molecular complexity index is 710. The first-order valence-corrected chi connectivity index (χ1v) is 9.17. The van der Waals surface area contributed by atoms with E-state index in [0.717, 1.165) is 43.4 Å². The van der Waals surface area contributed by atoms with Gasteiger partial charge in [0.15, 0.2) is 0 Å². The van der Waals surface area contributed by atoms with Crippen molar-refractivity contribution in [1.82, 2.24) is 10.3 Å². The number of methoxy groups -OCH3 is 1. The van der Waals surface area contributed by atoms with Crippen LogP contribution in [0.2, 0.25) is 0 Å². The molecule has 5 heteroatoms. The fraction of sp³-hybridized carbons (Fsp3) is 0.429. The Morgan fingerprint density at radius 3 is 2.54 bits per heavy atom. The molecular weight excluding hydrogens is 328 g/mol. The van der Waals surface area contributed by atoms with Gasteiger partial charge in [0.25, 0.3) is 0 Å². The number of aromatic nitrogens is 1. The van der Waals surface area contributed by atoms with Gasteiger partial charge in [-0.25, -0.2) is 0 Å². The van der Waals surface area contributed by atoms with Crippen molar-refractivity contribution in [3.05, 3.63) is 59.9 Å². The Kier molecular flexibility index (Phi) is 5.89. The molecule has 1 aromatic carbocycles. The summed E-state index contributed by atoms with van der Waals surface area (Å²) in [7, 11) is 1.64. The summed E-state index contributed by atoms with van der Waals surface area (Å²) in [5.74, 6) is 0.767. The number of carbonyl (C=O) groups excluding carboxylic acids is 1. The van der Waals surface area contributed by atoms with Crippen LogP contribution in [0.3, 0.4) is 0 Å². The van der Waals surface area contributed by atoms with E-state index in [9.17, 15) is 9.90 Å². The standard InChI is InChI=1S/C21H26N2O3/c1-26-17-10-8-16(9-11-17)21(12-4-2-5-13-21)20(25)23-15-19(24)18-7-3-6-14-22-18/h3,6-11,14,19,24H,2,4-5,12-13,15H2,1H3,(H,23,25)/t19-/m0/s1. The first kappa shape index (κ1) is 18.4. The maximum atomic E-state index is 13.1. The van der Waals surface area contributed by atoms with Crippen LogP contribution in [0.25, 0.3) is 0 Å². The van der Waals surface area contributed by atoms with Crippen molar-refractivity contribution >= 4 is 5.91 Å². The van der Waals surface area contributed by atoms with Crippen LogP contribution in [0.5, 0.6) is 5.75 Å². The number of benzene rings is 1. The topological polar surface area (TPSA) is 71.5 Å². The molecule has 2 aromatic rings. The number of amides is 1. The number of nitrogens with one attached hydrogen (secondary N) is 1. The van der Waals surface area contributed by atoms with Gasteiger partial charge in [0.2, 0.25) is 5.91 Å². The fourth-order valence-electron chi connectivity index (χ4n) is 3.75. The highest BCUT2D eigenvalue weighted by molar-refractivity contribution is 5.88. The van der Waals surface area contributed by atoms with E-state index in [1.165, 1.54) is 0 Å². The van der Waals surface area contributed by atoms with Gasteiger partial charge in [-0.2, -0.15) is 0 Å². The van der Waals surface area contributed by atoms with Crippen LogP contribution >= 0.6 is 0 Å². The number of carbonyl (C=O) groups is 1. The van der Waals surface area contributed by atoms with E-state index >= 15 is 0 Å². The van der Waals surface area contributed by atoms with Crippen molar-refractivity contribution < 1.29 is 14.6 Å². The van der Waals surface area contributed by atoms with E-state index in [1.54, 1.807) is 25.4 Å². The van der Waals surface area contributed by atoms with E-state index in [0.29, 0.717) is 5.69 Å². The second-order valence-electron chi connectivity index (χ2n) is 6.85. The summed E-state index contributed by atoms with van der Waals surface area (Å²) < 4.78 is 5.24. The van der Waals surface area contributed by atoms with E-state index in [4.69, 9.17) is 4.74 Å². The van der Waals surface area contributed by atoms with Crippen molar-refractivity contribution in [1.29, 1.82) is 0 Å². The van der Waals surface area contributed by atoms with E-state index in [1.807, 2.05) is 30.3 Å². The van der Waals surface area contributed by atoms with Crippen LogP contribution < -0.4 is 10.1 Å². The van der Waals surface area contributed by atoms with Gasteiger partial charge in [-0.15, -0.1) is 0 Å². The summed E-state index contributed by atoms with van der Waals surface area (Å²) in [6, 6.07) is 13.2. The van der Waals surface area contributed by atoms with Gasteiger partial charge < -0.3 is 15.2 Å². The minimum Gasteiger partial charge on any atom is -0.497 e. The van der Waals surface area contributed by atoms with Gasteiger partial charge >= 0.3 is 0 Å². The molecule has 5 nitrogen and oxygen atoms in total. The van der Waals surface area contributed by atoms with Crippen LogP contribution in [0.1, 0.15) is 49.5 Å². The number of hydrogen-bond donors (Lipinski definition) is 2. The number of aliphatic hydroxyl groups excluding tert-OH is 1. The van der Waals surface area contributed by atoms with Gasteiger partial charge in [0, 0.05) is 12.7 Å². The van der Waals surface area contributed by atoms with E-state index in [2.05, 4.69) is 10.3 Å². The maximum absolute atomic E-state index is 13.1. The molecule has 26 heavy (non-hydrogen) atoms. The molecular formula is C21H26N2O3. The monoisotopic (exact) mass is 354 g/mol. The molecule has 0 bridgehead atoms. The van der Waals surface area contributed by atoms with Crippen LogP contribution in [0.15, 0.2) is 48.7 Å². The van der Waals surface area contributed by atoms with Crippen molar-refractivity contribution in [2.24, 2.45) is 0 Å². The molecule has 138 valence electrons. The molecule has 0 saturated heterocycles. The number of nitrogens with zero attached hydrogens (tertiary/aromatic N) is 1. The fourth-order valence-corrected chi connectivity index (χ4v) is 3.75. The molecule has 1 aromatic heterocycles. The van der Waals surface area contributed by atoms with Crippen molar-refractivity contribution in [2.75, 3.05) is 13.7 Å². The molecule has 1 atom stereocenters. The largest absolute Gasteiger partial charge is 0.497 e. The second-order valence-corrected chi connectivity index (χ2v) is 6.85. The lowest BCUT2D eigenvalue weighted by Gasteiger charge is -2.36. The lowest BCUT2D eigenvalue weighted by atomic mass is 9.68. The quantitative estimate of drug-likeness (QED) is 0.836. The predicted octanol–water partition coefficient (Wildman–Crippen LogP) is 3.14. The molecule has 1 aliphatic rings. The first-order valence-electron chi connectivity index (χ1n) is 9.17. The number of aliphatic hydroxyl groups is 1. The molecule has 1 fully saturated rings. The average Bonchev–Trinajstić information content (AvgIpc) is 2.73. The highest BCUT2D eigenvalue weighted by Gasteiger charge is 2.41. The smallest absolute Gasteiger partial charge is 0.230 e. The van der Waals surface area contributed by atoms with E-state index < -0.39 is 11.5 Å². The summed E-state index contributed by atoms with van der Waals surface area (Å²) in [4.78, 5) is 17.3. The molecule has 1 heterocycles. The number of pyridine rings is 1. The van der Waals surface area contributed by atoms with Gasteiger partial charge in [0.1, 0.15) is 11.9 Å². The predicted molar refractivity (Wildman–Crippen MR) is 100.0 cm³/mol. The minimum absolute atomic E-state index is 0.0163. The third kappa shape index (κ3) is 3.88. The molecule has 0 unspecified atom stereocenters. The zero-order valence-corrected chi connectivity index (χ0v) is 15.1. The molecule has 3 rings (SSSR count). The SMILES string of the molecule is COc1ccc(C2(C(=O)NC[C@H](O)c3ccccn3)CCCCC2)cc1. The zero-order chi connectivity index (χ0) is 18.4. The molecule has 1 aliphatic carbocycles. The first-order chi connectivity index (χ1) is 12.7. The summed E-state index contributed by atoms with van der Waals surface area (Å²) in [5.41, 5.74) is 1.05. The summed E-state index contributed by atoms with van der Waals surface area (Å²) >= 11 is 0. The van der Waals surface area contributed by atoms with Crippen LogP contribution in [-0.4, -0.2) is 29.7 Å². The van der Waals surface area contributed by atoms with Crippen molar-refractivity contribution in [2.45, 2.75) is 43.6 Å². The Balaban J connectivity index is 1.75. The molecule has 2 N–H and O–H groups in total. The normalized spacial score (nSPS) is 17.3. The summed E-state index contributed by atoms with van der Waals surface area (Å²) in [6.45, 7) is 0.160. The van der Waals surface area contributed by atoms with Gasteiger partial charge in [-0.05, 0) is 42.7 Å². The molecule has 1 saturated carbocycles. The molecule has 1 amide bonds. The third-order valence-electron chi connectivity index (χ3n) is 5.27. The molecule has 0 aliphatic heterocycles. The molecule has 0 spiro atoms. The van der Waals surface area contributed by atoms with E-state index in [-0.39, 0.29) is 12.5 Å². The Morgan fingerprint density at radius 2 is 1.92 bits per heavy atom. The lowest BCUT2D eigenvalue weighted by molar-refractivity contribution is -0.128. The zero-order valence-electron chi connectivity index (χ0n) is 15.1. The molecule has 0 radical (unpaired) electrons. The van der Waals surface area contributed by atoms with Crippen LogP contribution in [0.4, 0.5) is 0 Å². The number of rotatable bonds is 6. The highest BCUT2D eigenvalue weighted by atomic mass is 16.5. The van der Waals surface area contributed by atoms with Crippen molar-refractivity contribution in [3.63, 3.8) is 0 Å².